The van der Waals surface area contributed by atoms with Gasteiger partial charge in [-0.3, -0.25) is 19.2 Å². The molecule has 2 N–H and O–H groups in total. The van der Waals surface area contributed by atoms with E-state index in [1.165, 1.54) is 4.90 Å². The van der Waals surface area contributed by atoms with Crippen LogP contribution in [0.1, 0.15) is 75.5 Å². The summed E-state index contributed by atoms with van der Waals surface area (Å²) in [6, 6.07) is 16.4. The molecule has 9 atom stereocenters. The summed E-state index contributed by atoms with van der Waals surface area (Å²) >= 11 is 3.78. The van der Waals surface area contributed by atoms with E-state index < -0.39 is 59.6 Å². The highest BCUT2D eigenvalue weighted by Crippen LogP contribution is 2.61. The summed E-state index contributed by atoms with van der Waals surface area (Å²) in [7, 11) is 0. The number of hydrogen-bond acceptors (Lipinski definition) is 7. The maximum Gasteiger partial charge on any atom is 0.313 e. The summed E-state index contributed by atoms with van der Waals surface area (Å²) in [5.74, 6) is -3.52. The molecule has 6 rings (SSSR count). The lowest BCUT2D eigenvalue weighted by Gasteiger charge is -2.42. The minimum absolute atomic E-state index is 0.0164. The number of esters is 1. The van der Waals surface area contributed by atoms with Gasteiger partial charge in [0.2, 0.25) is 17.7 Å². The quantitative estimate of drug-likeness (QED) is 0.132. The Hall–Kier alpha value is -3.80. The van der Waals surface area contributed by atoms with Crippen LogP contribution in [0.4, 0.5) is 0 Å². The Labute approximate surface area is 321 Å². The van der Waals surface area contributed by atoms with Crippen molar-refractivity contribution in [3.63, 3.8) is 0 Å². The zero-order valence-corrected chi connectivity index (χ0v) is 32.1. The molecular formula is C42H52BrN3O7. The van der Waals surface area contributed by atoms with Crippen LogP contribution in [0.3, 0.4) is 0 Å². The Morgan fingerprint density at radius 1 is 1.08 bits per heavy atom. The first-order chi connectivity index (χ1) is 25.6. The van der Waals surface area contributed by atoms with E-state index >= 15 is 9.59 Å². The smallest absolute Gasteiger partial charge is 0.313 e. The molecule has 3 amide bonds. The third-order valence-electron chi connectivity index (χ3n) is 11.6. The van der Waals surface area contributed by atoms with Gasteiger partial charge in [0.1, 0.15) is 17.7 Å². The highest BCUT2D eigenvalue weighted by Gasteiger charge is 2.77. The van der Waals surface area contributed by atoms with Crippen molar-refractivity contribution in [3.05, 3.63) is 97.1 Å². The van der Waals surface area contributed by atoms with Crippen LogP contribution in [0.5, 0.6) is 0 Å². The first-order valence-corrected chi connectivity index (χ1v) is 19.9. The molecule has 3 heterocycles. The van der Waals surface area contributed by atoms with Crippen LogP contribution in [0, 0.1) is 11.8 Å². The number of rotatable bonds is 16. The third kappa shape index (κ3) is 7.75. The molecule has 11 heteroatoms. The molecule has 0 aromatic heterocycles. The molecular weight excluding hydrogens is 738 g/mol. The van der Waals surface area contributed by atoms with Crippen molar-refractivity contribution < 1.29 is 33.8 Å². The van der Waals surface area contributed by atoms with Gasteiger partial charge in [-0.25, -0.2) is 0 Å². The number of hydrogen-bond donors (Lipinski definition) is 2. The fraction of sp³-hybridized carbons (Fsp3) is 0.524. The molecule has 0 radical (unpaired) electrons. The van der Waals surface area contributed by atoms with E-state index in [0.29, 0.717) is 31.4 Å². The molecule has 4 aliphatic rings. The van der Waals surface area contributed by atoms with Gasteiger partial charge in [-0.1, -0.05) is 108 Å². The molecule has 2 bridgehead atoms. The number of alkyl halides is 1. The van der Waals surface area contributed by atoms with Crippen molar-refractivity contribution in [2.45, 2.75) is 112 Å². The molecule has 3 saturated heterocycles. The van der Waals surface area contributed by atoms with Crippen molar-refractivity contribution in [1.29, 1.82) is 0 Å². The Kier molecular flexibility index (Phi) is 12.6. The monoisotopic (exact) mass is 789 g/mol. The summed E-state index contributed by atoms with van der Waals surface area (Å²) in [5, 5.41) is 13.9. The molecule has 1 aliphatic carbocycles. The predicted octanol–water partition coefficient (Wildman–Crippen LogP) is 5.44. The van der Waals surface area contributed by atoms with Crippen LogP contribution >= 0.6 is 15.9 Å². The number of allylic oxidation sites excluding steroid dienone is 1. The second kappa shape index (κ2) is 17.1. The summed E-state index contributed by atoms with van der Waals surface area (Å²) in [6.07, 6.45) is 8.04. The van der Waals surface area contributed by atoms with E-state index in [1.807, 2.05) is 65.6 Å². The normalized spacial score (nSPS) is 28.1. The molecule has 1 saturated carbocycles. The van der Waals surface area contributed by atoms with Crippen molar-refractivity contribution >= 4 is 39.6 Å². The van der Waals surface area contributed by atoms with Crippen LogP contribution < -0.4 is 5.32 Å². The minimum Gasteiger partial charge on any atom is -0.455 e. The Balaban J connectivity index is 1.37. The second-order valence-electron chi connectivity index (χ2n) is 15.0. The SMILES string of the molecule is C=CCCC(=O)N[C@@H](C)[C@H](OC(=O)[C@@H]1[C@H]2O[C@@]3(CC2Br)[C@H](C(=O)N(CC=C)C2CCCCC2)N([C@@H](CO)Cc2ccccc2)C(=O)[C@@H]13)c1ccccc1. The molecule has 1 unspecified atom stereocenters. The second-order valence-corrected chi connectivity index (χ2v) is 16.1. The Bertz CT molecular complexity index is 1640. The Morgan fingerprint density at radius 2 is 1.75 bits per heavy atom. The van der Waals surface area contributed by atoms with E-state index in [4.69, 9.17) is 9.47 Å². The summed E-state index contributed by atoms with van der Waals surface area (Å²) in [4.78, 5) is 60.6. The van der Waals surface area contributed by atoms with Gasteiger partial charge < -0.3 is 29.7 Å². The molecule has 2 aromatic carbocycles. The molecule has 4 fully saturated rings. The molecule has 2 aromatic rings. The van der Waals surface area contributed by atoms with E-state index in [9.17, 15) is 14.7 Å². The lowest BCUT2D eigenvalue weighted by molar-refractivity contribution is -0.162. The first kappa shape index (κ1) is 38.9. The van der Waals surface area contributed by atoms with Crippen LogP contribution in [0.2, 0.25) is 0 Å². The molecule has 53 heavy (non-hydrogen) atoms. The van der Waals surface area contributed by atoms with Gasteiger partial charge in [0.15, 0.2) is 0 Å². The number of benzene rings is 2. The number of nitrogens with one attached hydrogen (secondary N) is 1. The van der Waals surface area contributed by atoms with Gasteiger partial charge in [0.25, 0.3) is 0 Å². The van der Waals surface area contributed by atoms with Gasteiger partial charge in [-0.15, -0.1) is 13.2 Å². The number of aliphatic hydroxyl groups is 1. The zero-order chi connectivity index (χ0) is 37.7. The summed E-state index contributed by atoms with van der Waals surface area (Å²) in [5.41, 5.74) is 0.265. The first-order valence-electron chi connectivity index (χ1n) is 19.0. The number of ether oxygens (including phenoxy) is 2. The van der Waals surface area contributed by atoms with Gasteiger partial charge in [-0.05, 0) is 50.2 Å². The van der Waals surface area contributed by atoms with E-state index in [0.717, 1.165) is 37.7 Å². The van der Waals surface area contributed by atoms with Gasteiger partial charge in [0, 0.05) is 23.8 Å². The summed E-state index contributed by atoms with van der Waals surface area (Å²) < 4.78 is 13.2. The number of amides is 3. The fourth-order valence-corrected chi connectivity index (χ4v) is 10.1. The van der Waals surface area contributed by atoms with E-state index in [1.54, 1.807) is 19.1 Å². The van der Waals surface area contributed by atoms with Crippen molar-refractivity contribution in [3.8, 4) is 0 Å². The summed E-state index contributed by atoms with van der Waals surface area (Å²) in [6.45, 7) is 9.37. The number of halogens is 1. The topological polar surface area (TPSA) is 125 Å². The van der Waals surface area contributed by atoms with Crippen molar-refractivity contribution in [2.75, 3.05) is 13.2 Å². The number of carbonyl (C=O) groups excluding carboxylic acids is 4. The van der Waals surface area contributed by atoms with E-state index in [-0.39, 0.29) is 35.7 Å². The highest BCUT2D eigenvalue weighted by atomic mass is 79.9. The number of nitrogens with zero attached hydrogens (tertiary/aromatic N) is 2. The standard InChI is InChI=1S/C42H52BrN3O7/c1-4-6-22-33(48)44-27(3)36(29-18-12-8-13-19-29)52-41(51)34-35-39(49)46(31(26-47)24-28-16-10-7-11-17-28)38(42(35)25-32(43)37(34)53-42)40(50)45(23-5-2)30-20-14-9-15-21-30/h4-5,7-8,10-13,16-19,27,30-32,34-38,47H,1-2,6,9,14-15,20-26H2,3H3,(H,44,48)/t27-,31+,32?,34-,35+,36-,37-,38-,42+/m0/s1. The van der Waals surface area contributed by atoms with Gasteiger partial charge in [0.05, 0.1) is 36.6 Å². The molecule has 284 valence electrons. The van der Waals surface area contributed by atoms with Gasteiger partial charge >= 0.3 is 5.97 Å². The van der Waals surface area contributed by atoms with Gasteiger partial charge in [-0.2, -0.15) is 0 Å². The number of likely N-dealkylation sites (tertiary alicyclic amines) is 1. The van der Waals surface area contributed by atoms with Crippen LogP contribution in [-0.4, -0.2) is 92.4 Å². The number of carbonyl (C=O) groups is 4. The predicted molar refractivity (Wildman–Crippen MR) is 205 cm³/mol. The Morgan fingerprint density at radius 3 is 2.40 bits per heavy atom. The maximum absolute atomic E-state index is 15.1. The minimum atomic E-state index is -1.33. The average molecular weight is 791 g/mol. The fourth-order valence-electron chi connectivity index (χ4n) is 9.19. The molecule has 10 nitrogen and oxygen atoms in total. The molecule has 1 spiro atoms. The average Bonchev–Trinajstić information content (AvgIpc) is 3.78. The maximum atomic E-state index is 15.1. The lowest BCUT2D eigenvalue weighted by atomic mass is 9.70. The largest absolute Gasteiger partial charge is 0.455 e. The zero-order valence-electron chi connectivity index (χ0n) is 30.5. The highest BCUT2D eigenvalue weighted by molar-refractivity contribution is 9.09. The van der Waals surface area contributed by atoms with Crippen LogP contribution in [0.15, 0.2) is 86.0 Å². The van der Waals surface area contributed by atoms with Crippen LogP contribution in [0.25, 0.3) is 0 Å². The lowest BCUT2D eigenvalue weighted by Crippen LogP contribution is -2.61. The molecule has 3 aliphatic heterocycles. The van der Waals surface area contributed by atoms with Crippen LogP contribution in [-0.2, 0) is 35.1 Å². The number of fused-ring (bicyclic) bond motifs is 1. The number of aliphatic hydroxyl groups excluding tert-OH is 1. The van der Waals surface area contributed by atoms with Crippen molar-refractivity contribution in [2.24, 2.45) is 11.8 Å². The van der Waals surface area contributed by atoms with Crippen molar-refractivity contribution in [1.82, 2.24) is 15.1 Å². The van der Waals surface area contributed by atoms with E-state index in [2.05, 4.69) is 34.4 Å². The third-order valence-corrected chi connectivity index (χ3v) is 12.4.